The van der Waals surface area contributed by atoms with Crippen molar-refractivity contribution in [3.05, 3.63) is 12.7 Å². The summed E-state index contributed by atoms with van der Waals surface area (Å²) >= 11 is 0. The van der Waals surface area contributed by atoms with E-state index in [0.29, 0.717) is 5.41 Å². The number of rotatable bonds is 3. The molecule has 2 nitrogen and oxygen atoms in total. The SMILES string of the molecule is C=CCC12CCCC1(NC)OCC2. The Morgan fingerprint density at radius 1 is 1.46 bits per heavy atom. The summed E-state index contributed by atoms with van der Waals surface area (Å²) in [5.41, 5.74) is 0.324. The van der Waals surface area contributed by atoms with Crippen LogP contribution in [0.4, 0.5) is 0 Å². The standard InChI is InChI=1S/C11H19NO/c1-3-5-10-6-4-7-11(10,12-2)13-9-8-10/h3,12H,1,4-9H2,2H3. The maximum Gasteiger partial charge on any atom is 0.125 e. The van der Waals surface area contributed by atoms with Crippen molar-refractivity contribution in [1.29, 1.82) is 0 Å². The van der Waals surface area contributed by atoms with Crippen LogP contribution in [0.3, 0.4) is 0 Å². The largest absolute Gasteiger partial charge is 0.360 e. The van der Waals surface area contributed by atoms with Gasteiger partial charge in [0.15, 0.2) is 0 Å². The van der Waals surface area contributed by atoms with E-state index in [1.54, 1.807) is 0 Å². The fraction of sp³-hybridized carbons (Fsp3) is 0.818. The average Bonchev–Trinajstić information content (AvgIpc) is 2.59. The van der Waals surface area contributed by atoms with Gasteiger partial charge in [0.2, 0.25) is 0 Å². The van der Waals surface area contributed by atoms with Gasteiger partial charge in [-0.2, -0.15) is 0 Å². The Morgan fingerprint density at radius 3 is 3.00 bits per heavy atom. The molecule has 2 atom stereocenters. The molecule has 2 unspecified atom stereocenters. The highest BCUT2D eigenvalue weighted by molar-refractivity contribution is 5.08. The monoisotopic (exact) mass is 181 g/mol. The molecule has 1 saturated heterocycles. The van der Waals surface area contributed by atoms with E-state index in [9.17, 15) is 0 Å². The van der Waals surface area contributed by atoms with Gasteiger partial charge in [-0.1, -0.05) is 6.08 Å². The summed E-state index contributed by atoms with van der Waals surface area (Å²) in [4.78, 5) is 0. The Labute approximate surface area is 80.4 Å². The second-order valence-electron chi connectivity index (χ2n) is 4.30. The topological polar surface area (TPSA) is 21.3 Å². The van der Waals surface area contributed by atoms with Crippen molar-refractivity contribution in [3.8, 4) is 0 Å². The minimum Gasteiger partial charge on any atom is -0.360 e. The molecule has 13 heavy (non-hydrogen) atoms. The van der Waals surface area contributed by atoms with Crippen LogP contribution >= 0.6 is 0 Å². The summed E-state index contributed by atoms with van der Waals surface area (Å²) in [6.07, 6.45) is 8.08. The van der Waals surface area contributed by atoms with Crippen molar-refractivity contribution >= 4 is 0 Å². The fourth-order valence-electron chi connectivity index (χ4n) is 3.22. The molecule has 1 aliphatic heterocycles. The molecule has 1 aliphatic carbocycles. The fourth-order valence-corrected chi connectivity index (χ4v) is 3.22. The average molecular weight is 181 g/mol. The highest BCUT2D eigenvalue weighted by Crippen LogP contribution is 2.55. The van der Waals surface area contributed by atoms with Gasteiger partial charge in [0.1, 0.15) is 5.72 Å². The van der Waals surface area contributed by atoms with Gasteiger partial charge in [-0.3, -0.25) is 5.32 Å². The first-order chi connectivity index (χ1) is 6.29. The number of nitrogens with one attached hydrogen (secondary N) is 1. The van der Waals surface area contributed by atoms with Crippen LogP contribution in [-0.2, 0) is 4.74 Å². The molecule has 1 saturated carbocycles. The van der Waals surface area contributed by atoms with E-state index in [-0.39, 0.29) is 5.72 Å². The Hall–Kier alpha value is -0.340. The van der Waals surface area contributed by atoms with Crippen molar-refractivity contribution in [1.82, 2.24) is 5.32 Å². The predicted molar refractivity (Wildman–Crippen MR) is 53.5 cm³/mol. The minimum atomic E-state index is -0.0266. The number of hydrogen-bond donors (Lipinski definition) is 1. The zero-order valence-corrected chi connectivity index (χ0v) is 8.44. The van der Waals surface area contributed by atoms with Crippen LogP contribution in [0.5, 0.6) is 0 Å². The number of fused-ring (bicyclic) bond motifs is 1. The van der Waals surface area contributed by atoms with Gasteiger partial charge in [-0.15, -0.1) is 6.58 Å². The van der Waals surface area contributed by atoms with Crippen LogP contribution in [0.15, 0.2) is 12.7 Å². The van der Waals surface area contributed by atoms with Crippen molar-refractivity contribution in [3.63, 3.8) is 0 Å². The first-order valence-corrected chi connectivity index (χ1v) is 5.22. The molecule has 1 N–H and O–H groups in total. The van der Waals surface area contributed by atoms with Crippen LogP contribution in [0, 0.1) is 5.41 Å². The van der Waals surface area contributed by atoms with E-state index in [4.69, 9.17) is 4.74 Å². The van der Waals surface area contributed by atoms with Crippen LogP contribution in [-0.4, -0.2) is 19.4 Å². The quantitative estimate of drug-likeness (QED) is 0.673. The van der Waals surface area contributed by atoms with E-state index in [1.165, 1.54) is 19.3 Å². The third kappa shape index (κ3) is 1.09. The highest BCUT2D eigenvalue weighted by atomic mass is 16.5. The van der Waals surface area contributed by atoms with Gasteiger partial charge in [0, 0.05) is 12.0 Å². The maximum absolute atomic E-state index is 5.91. The minimum absolute atomic E-state index is 0.0266. The van der Waals surface area contributed by atoms with E-state index >= 15 is 0 Å². The second-order valence-corrected chi connectivity index (χ2v) is 4.30. The Morgan fingerprint density at radius 2 is 2.31 bits per heavy atom. The molecule has 2 heteroatoms. The molecular formula is C11H19NO. The summed E-state index contributed by atoms with van der Waals surface area (Å²) in [7, 11) is 2.02. The smallest absolute Gasteiger partial charge is 0.125 e. The molecule has 0 bridgehead atoms. The van der Waals surface area contributed by atoms with Gasteiger partial charge < -0.3 is 4.74 Å². The number of allylic oxidation sites excluding steroid dienone is 1. The van der Waals surface area contributed by atoms with Gasteiger partial charge in [-0.05, 0) is 39.2 Å². The Balaban J connectivity index is 2.27. The van der Waals surface area contributed by atoms with Crippen LogP contribution in [0.25, 0.3) is 0 Å². The van der Waals surface area contributed by atoms with Crippen molar-refractivity contribution < 1.29 is 4.74 Å². The number of hydrogen-bond acceptors (Lipinski definition) is 2. The third-order valence-corrected chi connectivity index (χ3v) is 3.91. The van der Waals surface area contributed by atoms with Gasteiger partial charge >= 0.3 is 0 Å². The Bertz CT molecular complexity index is 202. The molecular weight excluding hydrogens is 162 g/mol. The lowest BCUT2D eigenvalue weighted by Gasteiger charge is -2.38. The molecule has 2 aliphatic rings. The summed E-state index contributed by atoms with van der Waals surface area (Å²) in [6, 6.07) is 0. The van der Waals surface area contributed by atoms with Crippen molar-refractivity contribution in [2.24, 2.45) is 5.41 Å². The molecule has 2 fully saturated rings. The van der Waals surface area contributed by atoms with Crippen molar-refractivity contribution in [2.75, 3.05) is 13.7 Å². The molecule has 0 spiro atoms. The lowest BCUT2D eigenvalue weighted by atomic mass is 9.76. The highest BCUT2D eigenvalue weighted by Gasteiger charge is 2.57. The molecule has 0 aromatic carbocycles. The van der Waals surface area contributed by atoms with Crippen LogP contribution < -0.4 is 5.32 Å². The maximum atomic E-state index is 5.91. The molecule has 2 rings (SSSR count). The van der Waals surface area contributed by atoms with E-state index in [1.807, 2.05) is 13.1 Å². The summed E-state index contributed by atoms with van der Waals surface area (Å²) in [5.74, 6) is 0. The lowest BCUT2D eigenvalue weighted by Crippen LogP contribution is -2.51. The molecule has 0 aromatic heterocycles. The van der Waals surface area contributed by atoms with Gasteiger partial charge in [-0.25, -0.2) is 0 Å². The summed E-state index contributed by atoms with van der Waals surface area (Å²) in [6.45, 7) is 4.77. The zero-order valence-electron chi connectivity index (χ0n) is 8.44. The van der Waals surface area contributed by atoms with E-state index in [2.05, 4.69) is 11.9 Å². The Kier molecular flexibility index (Phi) is 2.20. The van der Waals surface area contributed by atoms with E-state index in [0.717, 1.165) is 19.4 Å². The third-order valence-electron chi connectivity index (χ3n) is 3.91. The summed E-state index contributed by atoms with van der Waals surface area (Å²) in [5, 5.41) is 3.40. The van der Waals surface area contributed by atoms with Gasteiger partial charge in [0.25, 0.3) is 0 Å². The van der Waals surface area contributed by atoms with Crippen molar-refractivity contribution in [2.45, 2.75) is 37.8 Å². The summed E-state index contributed by atoms with van der Waals surface area (Å²) < 4.78 is 5.91. The van der Waals surface area contributed by atoms with Gasteiger partial charge in [0.05, 0.1) is 0 Å². The lowest BCUT2D eigenvalue weighted by molar-refractivity contribution is -0.0659. The first kappa shape index (κ1) is 9.22. The van der Waals surface area contributed by atoms with Crippen LogP contribution in [0.1, 0.15) is 32.1 Å². The zero-order chi connectivity index (χ0) is 9.36. The normalized spacial score (nSPS) is 43.5. The molecule has 74 valence electrons. The molecule has 0 radical (unpaired) electrons. The second kappa shape index (κ2) is 3.10. The number of ether oxygens (including phenoxy) is 1. The van der Waals surface area contributed by atoms with Crippen LogP contribution in [0.2, 0.25) is 0 Å². The first-order valence-electron chi connectivity index (χ1n) is 5.22. The molecule has 0 aromatic rings. The molecule has 0 amide bonds. The predicted octanol–water partition coefficient (Wildman–Crippen LogP) is 2.07. The van der Waals surface area contributed by atoms with E-state index < -0.39 is 0 Å². The molecule has 1 heterocycles.